The Morgan fingerprint density at radius 1 is 1.35 bits per heavy atom. The molecule has 17 heavy (non-hydrogen) atoms. The summed E-state index contributed by atoms with van der Waals surface area (Å²) < 4.78 is 4.97. The molecule has 0 heterocycles. The number of ether oxygens (including phenoxy) is 1. The van der Waals surface area contributed by atoms with Crippen LogP contribution in [0, 0.1) is 0 Å². The molecule has 92 valence electrons. The number of nitrogens with zero attached hydrogens (tertiary/aromatic N) is 1. The van der Waals surface area contributed by atoms with E-state index in [2.05, 4.69) is 0 Å². The zero-order valence-electron chi connectivity index (χ0n) is 9.42. The van der Waals surface area contributed by atoms with Crippen molar-refractivity contribution in [2.75, 3.05) is 25.1 Å². The van der Waals surface area contributed by atoms with Gasteiger partial charge < -0.3 is 20.5 Å². The number of hydrogen-bond acceptors (Lipinski definition) is 4. The topological polar surface area (TPSA) is 92.9 Å². The molecule has 0 aliphatic rings. The molecule has 0 aliphatic carbocycles. The van der Waals surface area contributed by atoms with Crippen LogP contribution in [0.25, 0.3) is 0 Å². The number of benzene rings is 1. The van der Waals surface area contributed by atoms with Crippen molar-refractivity contribution in [2.45, 2.75) is 0 Å². The molecule has 1 aromatic carbocycles. The van der Waals surface area contributed by atoms with Crippen LogP contribution in [0.15, 0.2) is 24.3 Å². The molecule has 0 saturated heterocycles. The number of carbonyl (C=O) groups excluding carboxylic acids is 1. The minimum atomic E-state index is -1.09. The van der Waals surface area contributed by atoms with Crippen molar-refractivity contribution in [2.24, 2.45) is 5.73 Å². The fourth-order valence-electron chi connectivity index (χ4n) is 1.33. The first kappa shape index (κ1) is 13.0. The van der Waals surface area contributed by atoms with Crippen molar-refractivity contribution in [1.82, 2.24) is 0 Å². The SMILES string of the molecule is COc1ccc(N(CC(=O)O)C(=O)CN)cc1. The van der Waals surface area contributed by atoms with Gasteiger partial charge in [-0.05, 0) is 24.3 Å². The quantitative estimate of drug-likeness (QED) is 0.757. The highest BCUT2D eigenvalue weighted by molar-refractivity contribution is 5.98. The molecular formula is C11H14N2O4. The third kappa shape index (κ3) is 3.46. The Morgan fingerprint density at radius 2 is 1.94 bits per heavy atom. The molecule has 0 fully saturated rings. The van der Waals surface area contributed by atoms with Crippen LogP contribution in [0.3, 0.4) is 0 Å². The van der Waals surface area contributed by atoms with Crippen molar-refractivity contribution >= 4 is 17.6 Å². The van der Waals surface area contributed by atoms with E-state index in [1.165, 1.54) is 7.11 Å². The lowest BCUT2D eigenvalue weighted by molar-refractivity contribution is -0.136. The van der Waals surface area contributed by atoms with Crippen LogP contribution in [0.4, 0.5) is 5.69 Å². The second-order valence-electron chi connectivity index (χ2n) is 3.28. The van der Waals surface area contributed by atoms with Gasteiger partial charge in [-0.25, -0.2) is 0 Å². The molecule has 0 aromatic heterocycles. The monoisotopic (exact) mass is 238 g/mol. The van der Waals surface area contributed by atoms with Crippen molar-refractivity contribution in [3.8, 4) is 5.75 Å². The molecule has 6 nitrogen and oxygen atoms in total. The molecule has 0 saturated carbocycles. The van der Waals surface area contributed by atoms with E-state index < -0.39 is 18.4 Å². The van der Waals surface area contributed by atoms with Crippen LogP contribution in [-0.4, -0.2) is 37.2 Å². The average molecular weight is 238 g/mol. The van der Waals surface area contributed by atoms with E-state index in [0.717, 1.165) is 4.90 Å². The Bertz CT molecular complexity index is 402. The van der Waals surface area contributed by atoms with Crippen LogP contribution >= 0.6 is 0 Å². The lowest BCUT2D eigenvalue weighted by atomic mass is 10.2. The Hall–Kier alpha value is -2.08. The Morgan fingerprint density at radius 3 is 2.35 bits per heavy atom. The highest BCUT2D eigenvalue weighted by atomic mass is 16.5. The van der Waals surface area contributed by atoms with Crippen molar-refractivity contribution in [3.05, 3.63) is 24.3 Å². The lowest BCUT2D eigenvalue weighted by Gasteiger charge is -2.20. The van der Waals surface area contributed by atoms with Crippen molar-refractivity contribution in [3.63, 3.8) is 0 Å². The number of hydrogen-bond donors (Lipinski definition) is 2. The van der Waals surface area contributed by atoms with Gasteiger partial charge >= 0.3 is 5.97 Å². The van der Waals surface area contributed by atoms with Gasteiger partial charge in [-0.2, -0.15) is 0 Å². The number of nitrogens with two attached hydrogens (primary N) is 1. The van der Waals surface area contributed by atoms with Crippen LogP contribution < -0.4 is 15.4 Å². The minimum Gasteiger partial charge on any atom is -0.497 e. The molecule has 1 amide bonds. The van der Waals surface area contributed by atoms with Gasteiger partial charge in [0.1, 0.15) is 12.3 Å². The van der Waals surface area contributed by atoms with Gasteiger partial charge in [0, 0.05) is 5.69 Å². The number of rotatable bonds is 5. The molecule has 0 unspecified atom stereocenters. The van der Waals surface area contributed by atoms with Crippen molar-refractivity contribution in [1.29, 1.82) is 0 Å². The summed E-state index contributed by atoms with van der Waals surface area (Å²) in [6.07, 6.45) is 0. The number of carboxylic acids is 1. The normalized spacial score (nSPS) is 9.76. The average Bonchev–Trinajstić information content (AvgIpc) is 2.35. The van der Waals surface area contributed by atoms with E-state index in [1.54, 1.807) is 24.3 Å². The fourth-order valence-corrected chi connectivity index (χ4v) is 1.33. The second-order valence-corrected chi connectivity index (χ2v) is 3.28. The summed E-state index contributed by atoms with van der Waals surface area (Å²) in [6, 6.07) is 6.51. The molecule has 6 heteroatoms. The van der Waals surface area contributed by atoms with Crippen LogP contribution in [0.1, 0.15) is 0 Å². The van der Waals surface area contributed by atoms with Gasteiger partial charge in [-0.15, -0.1) is 0 Å². The Balaban J connectivity index is 2.95. The maximum Gasteiger partial charge on any atom is 0.323 e. The molecular weight excluding hydrogens is 224 g/mol. The third-order valence-electron chi connectivity index (χ3n) is 2.15. The Labute approximate surface area is 98.6 Å². The predicted octanol–water partition coefficient (Wildman–Crippen LogP) is 0.0715. The summed E-state index contributed by atoms with van der Waals surface area (Å²) in [6.45, 7) is -0.651. The fraction of sp³-hybridized carbons (Fsp3) is 0.273. The molecule has 0 bridgehead atoms. The maximum absolute atomic E-state index is 11.5. The minimum absolute atomic E-state index is 0.237. The molecule has 0 spiro atoms. The molecule has 0 radical (unpaired) electrons. The number of anilines is 1. The van der Waals surface area contributed by atoms with E-state index >= 15 is 0 Å². The van der Waals surface area contributed by atoms with E-state index in [1.807, 2.05) is 0 Å². The van der Waals surface area contributed by atoms with E-state index in [4.69, 9.17) is 15.6 Å². The van der Waals surface area contributed by atoms with E-state index in [0.29, 0.717) is 11.4 Å². The molecule has 0 aliphatic heterocycles. The molecule has 3 N–H and O–H groups in total. The van der Waals surface area contributed by atoms with Gasteiger partial charge in [-0.3, -0.25) is 9.59 Å². The number of carboxylic acid groups (broad SMARTS) is 1. The van der Waals surface area contributed by atoms with Gasteiger partial charge in [0.05, 0.1) is 13.7 Å². The zero-order valence-corrected chi connectivity index (χ0v) is 9.42. The maximum atomic E-state index is 11.5. The number of aliphatic carboxylic acids is 1. The summed E-state index contributed by atoms with van der Waals surface area (Å²) in [5.41, 5.74) is 5.71. The van der Waals surface area contributed by atoms with Crippen molar-refractivity contribution < 1.29 is 19.4 Å². The van der Waals surface area contributed by atoms with Crippen LogP contribution in [0.5, 0.6) is 5.75 Å². The van der Waals surface area contributed by atoms with Gasteiger partial charge in [0.25, 0.3) is 0 Å². The van der Waals surface area contributed by atoms with E-state index in [-0.39, 0.29) is 6.54 Å². The summed E-state index contributed by atoms with van der Waals surface area (Å²) in [7, 11) is 1.52. The van der Waals surface area contributed by atoms with E-state index in [9.17, 15) is 9.59 Å². The number of amides is 1. The molecule has 1 aromatic rings. The smallest absolute Gasteiger partial charge is 0.323 e. The van der Waals surface area contributed by atoms with Gasteiger partial charge in [0.2, 0.25) is 5.91 Å². The highest BCUT2D eigenvalue weighted by Crippen LogP contribution is 2.19. The van der Waals surface area contributed by atoms with Crippen LogP contribution in [-0.2, 0) is 9.59 Å². The zero-order chi connectivity index (χ0) is 12.8. The summed E-state index contributed by atoms with van der Waals surface area (Å²) in [5.74, 6) is -0.913. The standard InChI is InChI=1S/C11H14N2O4/c1-17-9-4-2-8(3-5-9)13(7-11(15)16)10(14)6-12/h2-5H,6-7,12H2,1H3,(H,15,16). The van der Waals surface area contributed by atoms with Gasteiger partial charge in [-0.1, -0.05) is 0 Å². The number of carbonyl (C=O) groups is 2. The largest absolute Gasteiger partial charge is 0.497 e. The summed E-state index contributed by atoms with van der Waals surface area (Å²) in [5, 5.41) is 8.73. The molecule has 1 rings (SSSR count). The third-order valence-corrected chi connectivity index (χ3v) is 2.15. The first-order valence-corrected chi connectivity index (χ1v) is 4.94. The first-order chi connectivity index (χ1) is 8.08. The number of methoxy groups -OCH3 is 1. The lowest BCUT2D eigenvalue weighted by Crippen LogP contribution is -2.39. The summed E-state index contributed by atoms with van der Waals surface area (Å²) in [4.78, 5) is 23.3. The van der Waals surface area contributed by atoms with Crippen LogP contribution in [0.2, 0.25) is 0 Å². The predicted molar refractivity (Wildman–Crippen MR) is 62.0 cm³/mol. The first-order valence-electron chi connectivity index (χ1n) is 4.94. The molecule has 0 atom stereocenters. The summed E-state index contributed by atoms with van der Waals surface area (Å²) >= 11 is 0. The second kappa shape index (κ2) is 5.86. The highest BCUT2D eigenvalue weighted by Gasteiger charge is 2.17. The van der Waals surface area contributed by atoms with Gasteiger partial charge in [0.15, 0.2) is 0 Å². The Kier molecular flexibility index (Phi) is 4.47.